The second-order valence-corrected chi connectivity index (χ2v) is 6.17. The van der Waals surface area contributed by atoms with Gasteiger partial charge in [-0.15, -0.1) is 0 Å². The molecule has 5 nitrogen and oxygen atoms in total. The number of carbonyl (C=O) groups is 2. The van der Waals surface area contributed by atoms with Gasteiger partial charge in [-0.3, -0.25) is 4.79 Å². The first-order valence-electron chi connectivity index (χ1n) is 8.89. The number of halogens is 1. The smallest absolute Gasteiger partial charge is 0.343 e. The van der Waals surface area contributed by atoms with Crippen LogP contribution >= 0.6 is 0 Å². The van der Waals surface area contributed by atoms with Gasteiger partial charge in [-0.2, -0.15) is 5.26 Å². The Morgan fingerprint density at radius 3 is 2.27 bits per heavy atom. The number of nitrogens with zero attached hydrogens (tertiary/aromatic N) is 1. The molecule has 0 saturated carbocycles. The summed E-state index contributed by atoms with van der Waals surface area (Å²) in [5, 5.41) is 9.40. The zero-order valence-electron chi connectivity index (χ0n) is 16.0. The quantitative estimate of drug-likeness (QED) is 0.194. The van der Waals surface area contributed by atoms with Gasteiger partial charge in [0.1, 0.15) is 17.5 Å². The summed E-state index contributed by atoms with van der Waals surface area (Å²) in [7, 11) is 1.40. The van der Waals surface area contributed by atoms with E-state index < -0.39 is 17.6 Å². The monoisotopic (exact) mass is 401 g/mol. The van der Waals surface area contributed by atoms with Crippen LogP contribution in [0.1, 0.15) is 26.3 Å². The van der Waals surface area contributed by atoms with Crippen LogP contribution in [0.2, 0.25) is 0 Å². The minimum absolute atomic E-state index is 0.0423. The number of ether oxygens (including phenoxy) is 2. The number of allylic oxidation sites excluding steroid dienone is 1. The van der Waals surface area contributed by atoms with Crippen LogP contribution in [0.25, 0.3) is 6.08 Å². The van der Waals surface area contributed by atoms with Gasteiger partial charge in [-0.1, -0.05) is 36.4 Å². The summed E-state index contributed by atoms with van der Waals surface area (Å²) in [5.41, 5.74) is 1.07. The standard InChI is InChI=1S/C24H16FNO4/c1-29-22-14-16(13-19(15-26)23(27)17-5-3-2-4-6-17)7-12-21(22)30-24(28)18-8-10-20(25)11-9-18/h2-14H,1H3. The van der Waals surface area contributed by atoms with Crippen molar-refractivity contribution < 1.29 is 23.5 Å². The number of rotatable bonds is 6. The van der Waals surface area contributed by atoms with Crippen molar-refractivity contribution in [2.45, 2.75) is 0 Å². The van der Waals surface area contributed by atoms with Crippen LogP contribution in [-0.4, -0.2) is 18.9 Å². The van der Waals surface area contributed by atoms with Crippen LogP contribution in [-0.2, 0) is 0 Å². The summed E-state index contributed by atoms with van der Waals surface area (Å²) >= 11 is 0. The van der Waals surface area contributed by atoms with Crippen LogP contribution in [0.3, 0.4) is 0 Å². The van der Waals surface area contributed by atoms with E-state index in [0.717, 1.165) is 12.1 Å². The Morgan fingerprint density at radius 2 is 1.63 bits per heavy atom. The average Bonchev–Trinajstić information content (AvgIpc) is 2.78. The predicted octanol–water partition coefficient (Wildman–Crippen LogP) is 4.84. The zero-order chi connectivity index (χ0) is 21.5. The van der Waals surface area contributed by atoms with E-state index in [-0.39, 0.29) is 22.6 Å². The Balaban J connectivity index is 1.85. The van der Waals surface area contributed by atoms with E-state index in [1.54, 1.807) is 42.5 Å². The van der Waals surface area contributed by atoms with Crippen molar-refractivity contribution in [2.24, 2.45) is 0 Å². The molecule has 6 heteroatoms. The summed E-state index contributed by atoms with van der Waals surface area (Å²) in [6, 6.07) is 20.0. The largest absolute Gasteiger partial charge is 0.493 e. The molecule has 0 fully saturated rings. The van der Waals surface area contributed by atoms with Gasteiger partial charge < -0.3 is 9.47 Å². The highest BCUT2D eigenvalue weighted by Crippen LogP contribution is 2.30. The highest BCUT2D eigenvalue weighted by molar-refractivity contribution is 6.14. The van der Waals surface area contributed by atoms with Gasteiger partial charge in [0.05, 0.1) is 12.7 Å². The molecule has 0 aliphatic rings. The molecule has 0 aliphatic heterocycles. The SMILES string of the molecule is COc1cc(C=C(C#N)C(=O)c2ccccc2)ccc1OC(=O)c1ccc(F)cc1. The van der Waals surface area contributed by atoms with Gasteiger partial charge in [0.2, 0.25) is 5.78 Å². The fraction of sp³-hybridized carbons (Fsp3) is 0.0417. The van der Waals surface area contributed by atoms with Gasteiger partial charge >= 0.3 is 5.97 Å². The lowest BCUT2D eigenvalue weighted by Crippen LogP contribution is -2.09. The van der Waals surface area contributed by atoms with Crippen molar-refractivity contribution in [1.82, 2.24) is 0 Å². The minimum Gasteiger partial charge on any atom is -0.493 e. The molecule has 0 N–H and O–H groups in total. The van der Waals surface area contributed by atoms with Gasteiger partial charge in [0, 0.05) is 5.56 Å². The molecule has 0 aliphatic carbocycles. The first-order valence-corrected chi connectivity index (χ1v) is 8.89. The molecular weight excluding hydrogens is 385 g/mol. The molecule has 30 heavy (non-hydrogen) atoms. The number of methoxy groups -OCH3 is 1. The molecule has 0 saturated heterocycles. The number of carbonyl (C=O) groups excluding carboxylic acids is 2. The Kier molecular flexibility index (Phi) is 6.36. The summed E-state index contributed by atoms with van der Waals surface area (Å²) in [4.78, 5) is 24.8. The van der Waals surface area contributed by atoms with E-state index in [1.165, 1.54) is 31.4 Å². The zero-order valence-corrected chi connectivity index (χ0v) is 16.0. The highest BCUT2D eigenvalue weighted by Gasteiger charge is 2.15. The minimum atomic E-state index is -0.673. The third kappa shape index (κ3) is 4.78. The number of benzene rings is 3. The fourth-order valence-electron chi connectivity index (χ4n) is 2.66. The van der Waals surface area contributed by atoms with Crippen LogP contribution in [0.15, 0.2) is 78.4 Å². The summed E-state index contributed by atoms with van der Waals surface area (Å²) in [5.74, 6) is -1.14. The molecule has 0 bridgehead atoms. The number of Topliss-reactive ketones (excluding diaryl/α,β-unsaturated/α-hetero) is 1. The van der Waals surface area contributed by atoms with Gasteiger partial charge in [0.25, 0.3) is 0 Å². The van der Waals surface area contributed by atoms with E-state index in [9.17, 15) is 19.2 Å². The molecule has 0 spiro atoms. The van der Waals surface area contributed by atoms with E-state index in [1.807, 2.05) is 6.07 Å². The van der Waals surface area contributed by atoms with E-state index in [2.05, 4.69) is 0 Å². The van der Waals surface area contributed by atoms with E-state index >= 15 is 0 Å². The number of nitriles is 1. The van der Waals surface area contributed by atoms with Crippen LogP contribution < -0.4 is 9.47 Å². The average molecular weight is 401 g/mol. The van der Waals surface area contributed by atoms with E-state index in [0.29, 0.717) is 11.1 Å². The molecule has 0 amide bonds. The second kappa shape index (κ2) is 9.30. The van der Waals surface area contributed by atoms with E-state index in [4.69, 9.17) is 9.47 Å². The second-order valence-electron chi connectivity index (χ2n) is 6.17. The molecule has 0 unspecified atom stereocenters. The molecule has 3 aromatic carbocycles. The Morgan fingerprint density at radius 1 is 0.933 bits per heavy atom. The number of esters is 1. The highest BCUT2D eigenvalue weighted by atomic mass is 19.1. The summed E-state index contributed by atoms with van der Waals surface area (Å²) < 4.78 is 23.6. The maximum absolute atomic E-state index is 13.0. The lowest BCUT2D eigenvalue weighted by molar-refractivity contribution is 0.0729. The van der Waals surface area contributed by atoms with Crippen LogP contribution in [0.5, 0.6) is 11.5 Å². The van der Waals surface area contributed by atoms with Gasteiger partial charge in [0.15, 0.2) is 11.5 Å². The third-order valence-corrected chi connectivity index (χ3v) is 4.18. The van der Waals surface area contributed by atoms with Crippen LogP contribution in [0.4, 0.5) is 4.39 Å². The number of hydrogen-bond donors (Lipinski definition) is 0. The molecule has 3 aromatic rings. The first-order chi connectivity index (χ1) is 14.5. The molecule has 0 aromatic heterocycles. The van der Waals surface area contributed by atoms with Gasteiger partial charge in [-0.05, 0) is 48.0 Å². The number of hydrogen-bond acceptors (Lipinski definition) is 5. The number of ketones is 1. The molecule has 148 valence electrons. The summed E-state index contributed by atoms with van der Waals surface area (Å²) in [6.07, 6.45) is 1.43. The lowest BCUT2D eigenvalue weighted by atomic mass is 10.0. The lowest BCUT2D eigenvalue weighted by Gasteiger charge is -2.10. The molecule has 3 rings (SSSR count). The van der Waals surface area contributed by atoms with Gasteiger partial charge in [-0.25, -0.2) is 9.18 Å². The van der Waals surface area contributed by atoms with Crippen molar-refractivity contribution in [3.8, 4) is 17.6 Å². The maximum atomic E-state index is 13.0. The third-order valence-electron chi connectivity index (χ3n) is 4.18. The Labute approximate surface area is 172 Å². The van der Waals surface area contributed by atoms with Crippen LogP contribution in [0, 0.1) is 17.1 Å². The predicted molar refractivity (Wildman–Crippen MR) is 109 cm³/mol. The first kappa shape index (κ1) is 20.5. The Hall–Kier alpha value is -4.24. The van der Waals surface area contributed by atoms with Crippen molar-refractivity contribution in [3.63, 3.8) is 0 Å². The maximum Gasteiger partial charge on any atom is 0.343 e. The molecule has 0 heterocycles. The Bertz CT molecular complexity index is 1150. The topological polar surface area (TPSA) is 76.4 Å². The van der Waals surface area contributed by atoms with Crippen molar-refractivity contribution >= 4 is 17.8 Å². The molecular formula is C24H16FNO4. The van der Waals surface area contributed by atoms with Crippen molar-refractivity contribution in [1.29, 1.82) is 5.26 Å². The van der Waals surface area contributed by atoms with Crippen molar-refractivity contribution in [2.75, 3.05) is 7.11 Å². The normalized spacial score (nSPS) is 10.8. The molecule has 0 radical (unpaired) electrons. The summed E-state index contributed by atoms with van der Waals surface area (Å²) in [6.45, 7) is 0. The fourth-order valence-corrected chi connectivity index (χ4v) is 2.66. The molecule has 0 atom stereocenters. The van der Waals surface area contributed by atoms with Crippen molar-refractivity contribution in [3.05, 3.63) is 101 Å².